The maximum absolute atomic E-state index is 13.5. The van der Waals surface area contributed by atoms with E-state index in [2.05, 4.69) is 12.2 Å². The first-order chi connectivity index (χ1) is 6.27. The van der Waals surface area contributed by atoms with E-state index in [0.29, 0.717) is 19.0 Å². The van der Waals surface area contributed by atoms with Crippen molar-refractivity contribution in [2.45, 2.75) is 25.8 Å². The molecular formula is C10H15FN2. The van der Waals surface area contributed by atoms with Crippen LogP contribution >= 0.6 is 0 Å². The molecule has 2 heterocycles. The van der Waals surface area contributed by atoms with Crippen LogP contribution in [0.15, 0.2) is 23.8 Å². The van der Waals surface area contributed by atoms with Crippen molar-refractivity contribution >= 4 is 0 Å². The number of piperazine rings is 1. The molecular weight excluding hydrogens is 167 g/mol. The van der Waals surface area contributed by atoms with Crippen LogP contribution in [-0.4, -0.2) is 24.0 Å². The molecule has 3 heteroatoms. The second-order valence-corrected chi connectivity index (χ2v) is 3.71. The number of rotatable bonds is 0. The molecule has 72 valence electrons. The van der Waals surface area contributed by atoms with Crippen LogP contribution < -0.4 is 5.32 Å². The highest BCUT2D eigenvalue weighted by Gasteiger charge is 2.22. The van der Waals surface area contributed by atoms with Gasteiger partial charge in [0.25, 0.3) is 0 Å². The number of nitrogens with one attached hydrogen (secondary N) is 1. The van der Waals surface area contributed by atoms with E-state index < -0.39 is 0 Å². The van der Waals surface area contributed by atoms with Gasteiger partial charge < -0.3 is 10.2 Å². The number of nitrogens with zero attached hydrogens (tertiary/aromatic N) is 1. The van der Waals surface area contributed by atoms with Crippen LogP contribution in [0, 0.1) is 0 Å². The molecule has 13 heavy (non-hydrogen) atoms. The molecule has 0 aromatic rings. The number of halogens is 1. The smallest absolute Gasteiger partial charge is 0.121 e. The number of allylic oxidation sites excluding steroid dienone is 2. The van der Waals surface area contributed by atoms with E-state index in [1.807, 2.05) is 17.2 Å². The van der Waals surface area contributed by atoms with Crippen LogP contribution in [0.2, 0.25) is 0 Å². The zero-order chi connectivity index (χ0) is 9.26. The van der Waals surface area contributed by atoms with E-state index in [-0.39, 0.29) is 5.83 Å². The van der Waals surface area contributed by atoms with Crippen molar-refractivity contribution in [1.29, 1.82) is 0 Å². The molecule has 1 atom stereocenters. The molecule has 0 saturated carbocycles. The largest absolute Gasteiger partial charge is 0.347 e. The first kappa shape index (κ1) is 8.75. The summed E-state index contributed by atoms with van der Waals surface area (Å²) in [6.45, 7) is 3.66. The Labute approximate surface area is 78.1 Å². The summed E-state index contributed by atoms with van der Waals surface area (Å²) in [6.07, 6.45) is 5.43. The van der Waals surface area contributed by atoms with Crippen LogP contribution in [-0.2, 0) is 0 Å². The van der Waals surface area contributed by atoms with Gasteiger partial charge in [0, 0.05) is 25.6 Å². The van der Waals surface area contributed by atoms with E-state index in [1.165, 1.54) is 0 Å². The molecule has 0 bridgehead atoms. The molecule has 0 spiro atoms. The lowest BCUT2D eigenvalue weighted by atomic mass is 10.2. The summed E-state index contributed by atoms with van der Waals surface area (Å²) >= 11 is 0. The van der Waals surface area contributed by atoms with Gasteiger partial charge in [-0.25, -0.2) is 4.39 Å². The van der Waals surface area contributed by atoms with Gasteiger partial charge in [-0.15, -0.1) is 0 Å². The average Bonchev–Trinajstić information content (AvgIpc) is 2.28. The van der Waals surface area contributed by atoms with Gasteiger partial charge in [-0.1, -0.05) is 6.08 Å². The Bertz CT molecular complexity index is 258. The molecule has 0 amide bonds. The minimum absolute atomic E-state index is 0.0457. The zero-order valence-corrected chi connectivity index (χ0v) is 7.89. The molecule has 2 rings (SSSR count). The molecule has 1 N–H and O–H groups in total. The fraction of sp³-hybridized carbons (Fsp3) is 0.600. The molecule has 0 aromatic carbocycles. The van der Waals surface area contributed by atoms with Gasteiger partial charge in [0.05, 0.1) is 5.70 Å². The summed E-state index contributed by atoms with van der Waals surface area (Å²) in [5.41, 5.74) is 0.826. The quantitative estimate of drug-likeness (QED) is 0.614. The van der Waals surface area contributed by atoms with Gasteiger partial charge in [-0.2, -0.15) is 0 Å². The summed E-state index contributed by atoms with van der Waals surface area (Å²) in [5.74, 6) is 0.0457. The Morgan fingerprint density at radius 2 is 2.46 bits per heavy atom. The highest BCUT2D eigenvalue weighted by atomic mass is 19.1. The molecule has 1 saturated heterocycles. The van der Waals surface area contributed by atoms with Crippen molar-refractivity contribution in [2.24, 2.45) is 0 Å². The van der Waals surface area contributed by atoms with Crippen LogP contribution in [0.4, 0.5) is 4.39 Å². The summed E-state index contributed by atoms with van der Waals surface area (Å²) in [4.78, 5) is 2.03. The number of hydrogen-bond donors (Lipinski definition) is 1. The lowest BCUT2D eigenvalue weighted by Gasteiger charge is -2.33. The van der Waals surface area contributed by atoms with Gasteiger partial charge in [-0.05, 0) is 19.5 Å². The van der Waals surface area contributed by atoms with E-state index in [0.717, 1.165) is 18.7 Å². The molecule has 1 fully saturated rings. The summed E-state index contributed by atoms with van der Waals surface area (Å²) < 4.78 is 13.5. The van der Waals surface area contributed by atoms with E-state index in [1.54, 1.807) is 0 Å². The second-order valence-electron chi connectivity index (χ2n) is 3.71. The molecule has 0 unspecified atom stereocenters. The minimum atomic E-state index is 0.0457. The Hall–Kier alpha value is -0.830. The van der Waals surface area contributed by atoms with Crippen molar-refractivity contribution < 1.29 is 4.39 Å². The third-order valence-electron chi connectivity index (χ3n) is 2.56. The van der Waals surface area contributed by atoms with E-state index in [4.69, 9.17) is 0 Å². The first-order valence-corrected chi connectivity index (χ1v) is 4.81. The zero-order valence-electron chi connectivity index (χ0n) is 7.89. The topological polar surface area (TPSA) is 15.3 Å². The fourth-order valence-corrected chi connectivity index (χ4v) is 1.80. The minimum Gasteiger partial charge on any atom is -0.347 e. The van der Waals surface area contributed by atoms with Gasteiger partial charge >= 0.3 is 0 Å². The SMILES string of the molecule is C[C@@H]1CN2C=CCCC(F)=C2CN1. The second kappa shape index (κ2) is 3.50. The van der Waals surface area contributed by atoms with Gasteiger partial charge in [0.15, 0.2) is 0 Å². The molecule has 0 aromatic heterocycles. The van der Waals surface area contributed by atoms with Crippen molar-refractivity contribution in [3.05, 3.63) is 23.8 Å². The maximum Gasteiger partial charge on any atom is 0.121 e. The lowest BCUT2D eigenvalue weighted by Crippen LogP contribution is -2.45. The molecule has 0 radical (unpaired) electrons. The summed E-state index contributed by atoms with van der Waals surface area (Å²) in [7, 11) is 0. The maximum atomic E-state index is 13.5. The van der Waals surface area contributed by atoms with Gasteiger partial charge in [0.2, 0.25) is 0 Å². The highest BCUT2D eigenvalue weighted by Crippen LogP contribution is 2.23. The van der Waals surface area contributed by atoms with Crippen molar-refractivity contribution in [1.82, 2.24) is 10.2 Å². The lowest BCUT2D eigenvalue weighted by molar-refractivity contribution is 0.320. The third kappa shape index (κ3) is 1.75. The highest BCUT2D eigenvalue weighted by molar-refractivity contribution is 5.18. The average molecular weight is 182 g/mol. The van der Waals surface area contributed by atoms with Gasteiger partial charge in [0.1, 0.15) is 5.83 Å². The van der Waals surface area contributed by atoms with Crippen molar-refractivity contribution in [3.8, 4) is 0 Å². The number of hydrogen-bond acceptors (Lipinski definition) is 2. The molecule has 2 aliphatic rings. The monoisotopic (exact) mass is 182 g/mol. The van der Waals surface area contributed by atoms with E-state index in [9.17, 15) is 4.39 Å². The summed E-state index contributed by atoms with van der Waals surface area (Å²) in [5, 5.41) is 3.27. The van der Waals surface area contributed by atoms with Crippen LogP contribution in [0.1, 0.15) is 19.8 Å². The standard InChI is InChI=1S/C10H15FN2/c1-8-7-13-5-3-2-4-9(11)10(13)6-12-8/h3,5,8,12H,2,4,6-7H2,1H3/t8-/m1/s1. The van der Waals surface area contributed by atoms with Crippen molar-refractivity contribution in [3.63, 3.8) is 0 Å². The Kier molecular flexibility index (Phi) is 2.36. The Morgan fingerprint density at radius 3 is 3.31 bits per heavy atom. The van der Waals surface area contributed by atoms with Crippen LogP contribution in [0.25, 0.3) is 0 Å². The molecule has 2 aliphatic heterocycles. The van der Waals surface area contributed by atoms with E-state index >= 15 is 0 Å². The van der Waals surface area contributed by atoms with Gasteiger partial charge in [-0.3, -0.25) is 0 Å². The predicted molar refractivity (Wildman–Crippen MR) is 50.7 cm³/mol. The summed E-state index contributed by atoms with van der Waals surface area (Å²) in [6, 6.07) is 0.444. The normalized spacial score (nSPS) is 28.8. The number of fused-ring (bicyclic) bond motifs is 1. The third-order valence-corrected chi connectivity index (χ3v) is 2.56. The first-order valence-electron chi connectivity index (χ1n) is 4.81. The van der Waals surface area contributed by atoms with Crippen molar-refractivity contribution in [2.75, 3.05) is 13.1 Å². The Balaban J connectivity index is 2.23. The Morgan fingerprint density at radius 1 is 1.62 bits per heavy atom. The molecule has 2 nitrogen and oxygen atoms in total. The van der Waals surface area contributed by atoms with Crippen LogP contribution in [0.5, 0.6) is 0 Å². The predicted octanol–water partition coefficient (Wildman–Crippen LogP) is 1.77. The van der Waals surface area contributed by atoms with Crippen LogP contribution in [0.3, 0.4) is 0 Å². The fourth-order valence-electron chi connectivity index (χ4n) is 1.80. The molecule has 0 aliphatic carbocycles.